The first kappa shape index (κ1) is 26.4. The summed E-state index contributed by atoms with van der Waals surface area (Å²) in [6.07, 6.45) is 8.00. The molecule has 2 bridgehead atoms. The predicted octanol–water partition coefficient (Wildman–Crippen LogP) is 4.39. The number of carbonyl (C=O) groups excluding carboxylic acids is 4. The summed E-state index contributed by atoms with van der Waals surface area (Å²) < 4.78 is 24.0. The highest BCUT2D eigenvalue weighted by Gasteiger charge is 2.70. The zero-order valence-corrected chi connectivity index (χ0v) is 24.3. The first-order valence-corrected chi connectivity index (χ1v) is 14.9. The molecule has 0 amide bonds. The van der Waals surface area contributed by atoms with E-state index >= 15 is 0 Å². The molecule has 7 rings (SSSR count). The average molecular weight is 553 g/mol. The van der Waals surface area contributed by atoms with Crippen LogP contribution in [0.5, 0.6) is 0 Å². The Morgan fingerprint density at radius 1 is 1.05 bits per heavy atom. The summed E-state index contributed by atoms with van der Waals surface area (Å²) in [6, 6.07) is 0. The lowest BCUT2D eigenvalue weighted by atomic mass is 9.52. The van der Waals surface area contributed by atoms with Crippen LogP contribution >= 0.6 is 0 Å². The molecule has 0 radical (unpaired) electrons. The quantitative estimate of drug-likeness (QED) is 0.367. The van der Waals surface area contributed by atoms with Crippen LogP contribution in [0.1, 0.15) is 86.5 Å². The zero-order valence-electron chi connectivity index (χ0n) is 24.3. The van der Waals surface area contributed by atoms with Gasteiger partial charge < -0.3 is 18.9 Å². The summed E-state index contributed by atoms with van der Waals surface area (Å²) in [4.78, 5) is 51.5. The predicted molar refractivity (Wildman–Crippen MR) is 141 cm³/mol. The number of rotatable bonds is 2. The van der Waals surface area contributed by atoms with Crippen molar-refractivity contribution in [1.82, 2.24) is 0 Å². The van der Waals surface area contributed by atoms with Gasteiger partial charge in [-0.3, -0.25) is 14.4 Å². The molecule has 0 unspecified atom stereocenters. The van der Waals surface area contributed by atoms with Gasteiger partial charge in [0.2, 0.25) is 5.60 Å². The second kappa shape index (κ2) is 7.87. The molecule has 3 saturated heterocycles. The third-order valence-corrected chi connectivity index (χ3v) is 12.5. The Balaban J connectivity index is 1.25. The zero-order chi connectivity index (χ0) is 28.6. The van der Waals surface area contributed by atoms with Crippen molar-refractivity contribution in [2.75, 3.05) is 0 Å². The summed E-state index contributed by atoms with van der Waals surface area (Å²) in [7, 11) is 0. The summed E-state index contributed by atoms with van der Waals surface area (Å²) in [5, 5.41) is 0. The molecule has 7 aliphatic rings. The van der Waals surface area contributed by atoms with E-state index in [0.29, 0.717) is 19.3 Å². The number of ketones is 1. The van der Waals surface area contributed by atoms with E-state index in [4.69, 9.17) is 18.9 Å². The van der Waals surface area contributed by atoms with E-state index in [-0.39, 0.29) is 64.9 Å². The second-order valence-electron chi connectivity index (χ2n) is 14.7. The SMILES string of the molecule is CC(=O)O[C@@]1(C)C(=O)O[C@H]2C[C@H]1C[C@H]2[C@H]1CC[C@@]2(C)C3=C(C[C@]45OC(=O)C[C@H]4OC(C)(C)[C@@H]5C=C3)C(=O)C[C@]12C. The number of carbonyl (C=O) groups is 4. The Labute approximate surface area is 235 Å². The molecule has 5 fully saturated rings. The molecule has 8 heteroatoms. The second-order valence-corrected chi connectivity index (χ2v) is 14.7. The Morgan fingerprint density at radius 3 is 2.52 bits per heavy atom. The van der Waals surface area contributed by atoms with E-state index in [1.165, 1.54) is 6.92 Å². The lowest BCUT2D eigenvalue weighted by Gasteiger charge is -2.51. The van der Waals surface area contributed by atoms with Crippen LogP contribution in [0.2, 0.25) is 0 Å². The molecule has 8 nitrogen and oxygen atoms in total. The molecule has 3 aliphatic heterocycles. The van der Waals surface area contributed by atoms with Crippen LogP contribution in [0.3, 0.4) is 0 Å². The molecule has 216 valence electrons. The summed E-state index contributed by atoms with van der Waals surface area (Å²) in [6.45, 7) is 11.7. The minimum absolute atomic E-state index is 0.0929. The Hall–Kier alpha value is -2.48. The minimum Gasteiger partial charge on any atom is -0.459 e. The van der Waals surface area contributed by atoms with Crippen LogP contribution in [0, 0.1) is 34.5 Å². The number of fused-ring (bicyclic) bond motifs is 4. The molecule has 10 atom stereocenters. The maximum atomic E-state index is 14.1. The standard InChI is InChI=1S/C32H40O8/c1-16(33)38-31(6)17-11-18(23(12-17)37-27(31)36)21-9-10-29(4)20-7-8-24-28(2,3)39-25-13-26(35)40-32(24,25)14-19(20)22(34)15-30(21,29)5/h7-8,17-18,21,23-25H,9-15H2,1-6H3/t17-,18+,21-,23+,24+,25-,29+,30-,31-,32-/m1/s1. The van der Waals surface area contributed by atoms with E-state index in [1.54, 1.807) is 6.92 Å². The third kappa shape index (κ3) is 3.12. The highest BCUT2D eigenvalue weighted by atomic mass is 16.6. The van der Waals surface area contributed by atoms with Crippen LogP contribution in [-0.2, 0) is 38.1 Å². The summed E-state index contributed by atoms with van der Waals surface area (Å²) in [5.41, 5.74) is -1.32. The molecule has 0 aromatic carbocycles. The number of allylic oxidation sites excluding steroid dienone is 2. The minimum atomic E-state index is -1.26. The number of ether oxygens (including phenoxy) is 4. The van der Waals surface area contributed by atoms with Crippen LogP contribution in [-0.4, -0.2) is 52.7 Å². The molecular weight excluding hydrogens is 512 g/mol. The Bertz CT molecular complexity index is 1310. The van der Waals surface area contributed by atoms with Gasteiger partial charge in [0.15, 0.2) is 11.4 Å². The highest BCUT2D eigenvalue weighted by molar-refractivity contribution is 5.99. The Kier molecular flexibility index (Phi) is 5.20. The average Bonchev–Trinajstić information content (AvgIpc) is 3.44. The van der Waals surface area contributed by atoms with Crippen molar-refractivity contribution in [3.8, 4) is 0 Å². The van der Waals surface area contributed by atoms with Gasteiger partial charge in [0, 0.05) is 37.2 Å². The molecule has 40 heavy (non-hydrogen) atoms. The van der Waals surface area contributed by atoms with E-state index in [0.717, 1.165) is 30.4 Å². The van der Waals surface area contributed by atoms with Gasteiger partial charge in [0.1, 0.15) is 12.2 Å². The van der Waals surface area contributed by atoms with E-state index in [9.17, 15) is 19.2 Å². The van der Waals surface area contributed by atoms with Gasteiger partial charge in [-0.2, -0.15) is 0 Å². The van der Waals surface area contributed by atoms with Crippen molar-refractivity contribution in [1.29, 1.82) is 0 Å². The lowest BCUT2D eigenvalue weighted by molar-refractivity contribution is -0.197. The molecule has 0 N–H and O–H groups in total. The van der Waals surface area contributed by atoms with Crippen LogP contribution < -0.4 is 0 Å². The maximum Gasteiger partial charge on any atom is 0.350 e. The van der Waals surface area contributed by atoms with Gasteiger partial charge in [0.25, 0.3) is 0 Å². The smallest absolute Gasteiger partial charge is 0.350 e. The maximum absolute atomic E-state index is 14.1. The normalized spacial score (nSPS) is 50.0. The fourth-order valence-electron chi connectivity index (χ4n) is 10.4. The lowest BCUT2D eigenvalue weighted by Crippen LogP contribution is -2.51. The molecule has 0 aromatic heterocycles. The summed E-state index contributed by atoms with van der Waals surface area (Å²) in [5.74, 6) is -1.02. The molecule has 0 aromatic rings. The number of hydrogen-bond acceptors (Lipinski definition) is 8. The first-order valence-electron chi connectivity index (χ1n) is 14.9. The van der Waals surface area contributed by atoms with Crippen LogP contribution in [0.25, 0.3) is 0 Å². The van der Waals surface area contributed by atoms with Gasteiger partial charge in [-0.05, 0) is 74.7 Å². The monoisotopic (exact) mass is 552 g/mol. The van der Waals surface area contributed by atoms with Crippen molar-refractivity contribution < 1.29 is 38.1 Å². The van der Waals surface area contributed by atoms with Crippen molar-refractivity contribution in [3.05, 3.63) is 23.3 Å². The van der Waals surface area contributed by atoms with E-state index < -0.39 is 28.7 Å². The van der Waals surface area contributed by atoms with Gasteiger partial charge in [-0.15, -0.1) is 0 Å². The molecule has 3 heterocycles. The fourth-order valence-corrected chi connectivity index (χ4v) is 10.4. The number of esters is 3. The van der Waals surface area contributed by atoms with Gasteiger partial charge in [-0.1, -0.05) is 26.0 Å². The highest BCUT2D eigenvalue weighted by Crippen LogP contribution is 2.70. The van der Waals surface area contributed by atoms with Crippen LogP contribution in [0.15, 0.2) is 23.3 Å². The largest absolute Gasteiger partial charge is 0.459 e. The van der Waals surface area contributed by atoms with Gasteiger partial charge in [-0.25, -0.2) is 4.79 Å². The topological polar surface area (TPSA) is 105 Å². The van der Waals surface area contributed by atoms with Crippen LogP contribution in [0.4, 0.5) is 0 Å². The number of hydrogen-bond donors (Lipinski definition) is 0. The fraction of sp³-hybridized carbons (Fsp3) is 0.750. The van der Waals surface area contributed by atoms with Gasteiger partial charge >= 0.3 is 17.9 Å². The van der Waals surface area contributed by atoms with Gasteiger partial charge in [0.05, 0.1) is 12.0 Å². The van der Waals surface area contributed by atoms with Crippen molar-refractivity contribution in [2.45, 2.75) is 115 Å². The van der Waals surface area contributed by atoms with Crippen molar-refractivity contribution >= 4 is 23.7 Å². The summed E-state index contributed by atoms with van der Waals surface area (Å²) >= 11 is 0. The van der Waals surface area contributed by atoms with Crippen molar-refractivity contribution in [3.63, 3.8) is 0 Å². The van der Waals surface area contributed by atoms with Crippen molar-refractivity contribution in [2.24, 2.45) is 34.5 Å². The van der Waals surface area contributed by atoms with E-state index in [2.05, 4.69) is 26.0 Å². The Morgan fingerprint density at radius 2 is 1.80 bits per heavy atom. The van der Waals surface area contributed by atoms with E-state index in [1.807, 2.05) is 13.8 Å². The molecular formula is C32H40O8. The third-order valence-electron chi connectivity index (χ3n) is 12.5. The molecule has 2 saturated carbocycles. The first-order chi connectivity index (χ1) is 18.6. The number of Topliss-reactive ketones (excluding diaryl/α,β-unsaturated/α-hetero) is 1. The molecule has 1 spiro atoms. The molecule has 4 aliphatic carbocycles.